The Hall–Kier alpha value is -2.00. The highest BCUT2D eigenvalue weighted by Gasteiger charge is 2.38. The van der Waals surface area contributed by atoms with Crippen LogP contribution >= 0.6 is 15.9 Å². The molecule has 1 saturated heterocycles. The molecule has 0 aromatic heterocycles. The first-order valence-electron chi connectivity index (χ1n) is 10.8. The maximum atomic E-state index is 13.7. The van der Waals surface area contributed by atoms with Crippen LogP contribution < -0.4 is 4.90 Å². The summed E-state index contributed by atoms with van der Waals surface area (Å²) in [5.74, 6) is 0. The van der Waals surface area contributed by atoms with Gasteiger partial charge < -0.3 is 15.1 Å². The van der Waals surface area contributed by atoms with Crippen LogP contribution in [0.25, 0.3) is 0 Å². The Kier molecular flexibility index (Phi) is 11.1. The van der Waals surface area contributed by atoms with Crippen molar-refractivity contribution >= 4 is 53.1 Å². The van der Waals surface area contributed by atoms with Gasteiger partial charge in [0.1, 0.15) is 10.6 Å². The number of rotatable bonds is 14. The zero-order chi connectivity index (χ0) is 28.0. The van der Waals surface area contributed by atoms with E-state index < -0.39 is 71.3 Å². The maximum absolute atomic E-state index is 13.7. The lowest BCUT2D eigenvalue weighted by Crippen LogP contribution is -2.50. The van der Waals surface area contributed by atoms with Crippen molar-refractivity contribution in [1.82, 2.24) is 9.21 Å². The molecule has 37 heavy (non-hydrogen) atoms. The summed E-state index contributed by atoms with van der Waals surface area (Å²) in [6.45, 7) is -0.897. The number of alkyl halides is 1. The number of anilines is 1. The van der Waals surface area contributed by atoms with E-state index in [1.807, 2.05) is 0 Å². The molecule has 1 aromatic rings. The molecule has 0 unspecified atom stereocenters. The molecule has 1 aromatic carbocycles. The summed E-state index contributed by atoms with van der Waals surface area (Å²) in [7, 11) is -8.37. The van der Waals surface area contributed by atoms with Gasteiger partial charge in [0.15, 0.2) is 0 Å². The lowest BCUT2D eigenvalue weighted by atomic mass is 10.2. The van der Waals surface area contributed by atoms with Gasteiger partial charge in [-0.2, -0.15) is 12.7 Å². The Balaban J connectivity index is 2.57. The van der Waals surface area contributed by atoms with E-state index in [1.165, 1.54) is 4.90 Å². The van der Waals surface area contributed by atoms with E-state index in [-0.39, 0.29) is 51.1 Å². The predicted octanol–water partition coefficient (Wildman–Crippen LogP) is -0.660. The lowest BCUT2D eigenvalue weighted by Gasteiger charge is -2.35. The second kappa shape index (κ2) is 13.2. The first-order valence-corrected chi connectivity index (χ1v) is 15.2. The molecule has 0 radical (unpaired) electrons. The van der Waals surface area contributed by atoms with Gasteiger partial charge in [-0.1, -0.05) is 15.9 Å². The third-order valence-electron chi connectivity index (χ3n) is 5.41. The predicted molar refractivity (Wildman–Crippen MR) is 135 cm³/mol. The molecule has 16 nitrogen and oxygen atoms in total. The van der Waals surface area contributed by atoms with Crippen LogP contribution in [-0.2, 0) is 24.3 Å². The van der Waals surface area contributed by atoms with Gasteiger partial charge in [0, 0.05) is 57.2 Å². The Labute approximate surface area is 222 Å². The van der Waals surface area contributed by atoms with Gasteiger partial charge in [0.25, 0.3) is 15.8 Å². The fourth-order valence-electron chi connectivity index (χ4n) is 3.72. The highest BCUT2D eigenvalue weighted by atomic mass is 79.9. The van der Waals surface area contributed by atoms with Gasteiger partial charge in [-0.25, -0.2) is 8.42 Å². The molecular weight excluding hydrogens is 606 g/mol. The number of β-amino-alcohol motifs (C(OH)–C–C–N with tert-alkyl or cyclic N) is 1. The molecule has 210 valence electrons. The number of halogens is 1. The first-order chi connectivity index (χ1) is 17.2. The van der Waals surface area contributed by atoms with Crippen molar-refractivity contribution in [3.63, 3.8) is 0 Å². The second-order valence-corrected chi connectivity index (χ2v) is 12.4. The molecule has 1 fully saturated rings. The fourth-order valence-corrected chi connectivity index (χ4v) is 6.20. The lowest BCUT2D eigenvalue weighted by molar-refractivity contribution is -0.394. The normalized spacial score (nSPS) is 16.4. The number of nitro benzene ring substituents is 2. The Morgan fingerprint density at radius 3 is 2.22 bits per heavy atom. The Morgan fingerprint density at radius 1 is 1.11 bits per heavy atom. The van der Waals surface area contributed by atoms with Crippen molar-refractivity contribution in [2.45, 2.75) is 11.0 Å². The minimum absolute atomic E-state index is 0.0128. The van der Waals surface area contributed by atoms with E-state index in [4.69, 9.17) is 9.29 Å². The molecule has 19 heteroatoms. The molecule has 0 amide bonds. The molecule has 1 atom stereocenters. The molecule has 1 aliphatic rings. The molecule has 1 heterocycles. The van der Waals surface area contributed by atoms with Crippen molar-refractivity contribution < 1.29 is 41.1 Å². The molecule has 0 bridgehead atoms. The van der Waals surface area contributed by atoms with E-state index in [9.17, 15) is 42.2 Å². The van der Waals surface area contributed by atoms with Gasteiger partial charge >= 0.3 is 5.69 Å². The zero-order valence-electron chi connectivity index (χ0n) is 19.8. The summed E-state index contributed by atoms with van der Waals surface area (Å²) in [5.41, 5.74) is -2.06. The third-order valence-corrected chi connectivity index (χ3v) is 8.27. The van der Waals surface area contributed by atoms with Crippen LogP contribution in [0.5, 0.6) is 0 Å². The summed E-state index contributed by atoms with van der Waals surface area (Å²) >= 11 is 3.18. The average molecular weight is 634 g/mol. The Bertz CT molecular complexity index is 1190. The summed E-state index contributed by atoms with van der Waals surface area (Å²) in [5, 5.41) is 42.3. The topological polar surface area (TPSA) is 214 Å². The largest absolute Gasteiger partial charge is 0.394 e. The number of benzene rings is 1. The molecule has 0 spiro atoms. The fraction of sp³-hybridized carbons (Fsp3) is 0.667. The number of aliphatic hydroxyl groups is 2. The van der Waals surface area contributed by atoms with Gasteiger partial charge in [-0.05, 0) is 0 Å². The van der Waals surface area contributed by atoms with Crippen molar-refractivity contribution in [3.8, 4) is 0 Å². The summed E-state index contributed by atoms with van der Waals surface area (Å²) in [4.78, 5) is 23.8. The van der Waals surface area contributed by atoms with E-state index in [0.717, 1.165) is 16.6 Å². The zero-order valence-corrected chi connectivity index (χ0v) is 23.0. The Morgan fingerprint density at radius 2 is 1.73 bits per heavy atom. The second-order valence-electron chi connectivity index (χ2n) is 8.07. The van der Waals surface area contributed by atoms with Crippen LogP contribution in [0, 0.1) is 20.2 Å². The molecule has 1 aliphatic heterocycles. The van der Waals surface area contributed by atoms with Crippen LogP contribution in [0.1, 0.15) is 0 Å². The van der Waals surface area contributed by atoms with Crippen molar-refractivity contribution in [1.29, 1.82) is 0 Å². The van der Waals surface area contributed by atoms with E-state index in [2.05, 4.69) is 15.9 Å². The molecule has 2 rings (SSSR count). The standard InChI is InChI=1S/C18H28BrN5O11S2/c1-36(31,32)35-9-8-21(3-2-19)18-16(24(29)30)10-14(23(27)28)11-17(18)37(33,34)22-6-4-20(5-7-22)12-15(26)13-25/h10-11,15,25-26H,2-9,12-13H2,1H3/t15-/m0/s1. The number of sulfonamides is 1. The summed E-state index contributed by atoms with van der Waals surface area (Å²) < 4.78 is 55.9. The van der Waals surface area contributed by atoms with Crippen LogP contribution in [-0.4, -0.2) is 123 Å². The van der Waals surface area contributed by atoms with Crippen LogP contribution in [0.3, 0.4) is 0 Å². The first kappa shape index (κ1) is 31.2. The van der Waals surface area contributed by atoms with E-state index in [0.29, 0.717) is 6.07 Å². The molecule has 0 saturated carbocycles. The minimum Gasteiger partial charge on any atom is -0.394 e. The van der Waals surface area contributed by atoms with Crippen molar-refractivity contribution in [2.75, 3.05) is 75.5 Å². The highest BCUT2D eigenvalue weighted by molar-refractivity contribution is 9.09. The van der Waals surface area contributed by atoms with E-state index >= 15 is 0 Å². The number of hydrogen-bond acceptors (Lipinski definition) is 13. The van der Waals surface area contributed by atoms with Crippen LogP contribution in [0.2, 0.25) is 0 Å². The van der Waals surface area contributed by atoms with Crippen LogP contribution in [0.4, 0.5) is 17.1 Å². The molecular formula is C18H28BrN5O11S2. The van der Waals surface area contributed by atoms with Crippen molar-refractivity contribution in [3.05, 3.63) is 32.4 Å². The number of piperazine rings is 1. The number of non-ortho nitro benzene ring substituents is 1. The van der Waals surface area contributed by atoms with Gasteiger partial charge in [-0.15, -0.1) is 0 Å². The van der Waals surface area contributed by atoms with Crippen LogP contribution in [0.15, 0.2) is 17.0 Å². The minimum atomic E-state index is -4.51. The quantitative estimate of drug-likeness (QED) is 0.113. The monoisotopic (exact) mass is 633 g/mol. The summed E-state index contributed by atoms with van der Waals surface area (Å²) in [6, 6.07) is 1.40. The average Bonchev–Trinajstić information content (AvgIpc) is 2.82. The highest BCUT2D eigenvalue weighted by Crippen LogP contribution is 2.40. The number of nitrogens with zero attached hydrogens (tertiary/aromatic N) is 5. The van der Waals surface area contributed by atoms with Gasteiger partial charge in [0.2, 0.25) is 10.0 Å². The molecule has 0 aliphatic carbocycles. The van der Waals surface area contributed by atoms with Gasteiger partial charge in [-0.3, -0.25) is 29.3 Å². The third kappa shape index (κ3) is 8.50. The molecule has 2 N–H and O–H groups in total. The van der Waals surface area contributed by atoms with Gasteiger partial charge in [0.05, 0.1) is 41.5 Å². The summed E-state index contributed by atoms with van der Waals surface area (Å²) in [6.07, 6.45) is -0.202. The van der Waals surface area contributed by atoms with Crippen molar-refractivity contribution in [2.24, 2.45) is 0 Å². The number of aliphatic hydroxyl groups excluding tert-OH is 2. The maximum Gasteiger partial charge on any atom is 0.300 e. The SMILES string of the molecule is CS(=O)(=O)OCCN(CCBr)c1c([N+](=O)[O-])cc([N+](=O)[O-])cc1S(=O)(=O)N1CCN(C[C@H](O)CO)CC1. The van der Waals surface area contributed by atoms with E-state index in [1.54, 1.807) is 4.90 Å². The smallest absolute Gasteiger partial charge is 0.300 e. The number of hydrogen-bond donors (Lipinski definition) is 2. The number of nitro groups is 2.